The van der Waals surface area contributed by atoms with Crippen LogP contribution in [0.1, 0.15) is 11.1 Å². The van der Waals surface area contributed by atoms with Gasteiger partial charge in [-0.25, -0.2) is 0 Å². The maximum Gasteiger partial charge on any atom is 0.246 e. The maximum absolute atomic E-state index is 11.1. The van der Waals surface area contributed by atoms with E-state index in [4.69, 9.17) is 0 Å². The van der Waals surface area contributed by atoms with Crippen LogP contribution in [0.4, 0.5) is 0 Å². The Hall–Kier alpha value is -1.84. The van der Waals surface area contributed by atoms with Gasteiger partial charge in [0.15, 0.2) is 5.84 Å². The highest BCUT2D eigenvalue weighted by Crippen LogP contribution is 2.04. The molecule has 0 bridgehead atoms. The van der Waals surface area contributed by atoms with Gasteiger partial charge in [0.2, 0.25) is 5.91 Å². The van der Waals surface area contributed by atoms with Crippen LogP contribution in [0.15, 0.2) is 29.4 Å². The van der Waals surface area contributed by atoms with E-state index in [9.17, 15) is 4.79 Å². The zero-order chi connectivity index (χ0) is 9.97. The quantitative estimate of drug-likeness (QED) is 0.671. The normalized spacial score (nSPS) is 15.5. The van der Waals surface area contributed by atoms with E-state index in [0.29, 0.717) is 5.84 Å². The molecule has 0 saturated carbocycles. The van der Waals surface area contributed by atoms with Crippen LogP contribution >= 0.6 is 0 Å². The molecule has 2 rings (SSSR count). The summed E-state index contributed by atoms with van der Waals surface area (Å²) in [6, 6.07) is 7.83. The van der Waals surface area contributed by atoms with E-state index in [-0.39, 0.29) is 12.5 Å². The summed E-state index contributed by atoms with van der Waals surface area (Å²) < 4.78 is 0. The van der Waals surface area contributed by atoms with Crippen molar-refractivity contribution in [3.63, 3.8) is 0 Å². The van der Waals surface area contributed by atoms with Crippen molar-refractivity contribution < 1.29 is 4.79 Å². The molecule has 1 aromatic carbocycles. The highest BCUT2D eigenvalue weighted by molar-refractivity contribution is 6.09. The highest BCUT2D eigenvalue weighted by atomic mass is 16.2. The minimum absolute atomic E-state index is 0.0597. The van der Waals surface area contributed by atoms with Gasteiger partial charge < -0.3 is 5.32 Å². The number of hydrazone groups is 1. The molecule has 0 radical (unpaired) electrons. The van der Waals surface area contributed by atoms with Gasteiger partial charge in [-0.2, -0.15) is 5.10 Å². The van der Waals surface area contributed by atoms with Crippen molar-refractivity contribution >= 4 is 11.7 Å². The molecule has 0 aromatic heterocycles. The first kappa shape index (κ1) is 8.74. The number of carbonyl (C=O) groups excluding carboxylic acids is 1. The lowest BCUT2D eigenvalue weighted by Gasteiger charge is -2.14. The van der Waals surface area contributed by atoms with Crippen LogP contribution in [0.25, 0.3) is 0 Å². The predicted octanol–water partition coefficient (Wildman–Crippen LogP) is 0.376. The van der Waals surface area contributed by atoms with Gasteiger partial charge in [0, 0.05) is 5.56 Å². The minimum atomic E-state index is -0.0597. The first-order chi connectivity index (χ1) is 6.75. The topological polar surface area (TPSA) is 53.5 Å². The molecule has 1 aromatic rings. The third-order valence-electron chi connectivity index (χ3n) is 2.01. The van der Waals surface area contributed by atoms with Crippen LogP contribution in [0.3, 0.4) is 0 Å². The average Bonchev–Trinajstić information content (AvgIpc) is 2.19. The van der Waals surface area contributed by atoms with E-state index < -0.39 is 0 Å². The van der Waals surface area contributed by atoms with Crippen molar-refractivity contribution in [2.75, 3.05) is 6.54 Å². The Morgan fingerprint density at radius 2 is 2.00 bits per heavy atom. The van der Waals surface area contributed by atoms with E-state index in [0.717, 1.165) is 5.56 Å². The number of nitrogens with zero attached hydrogens (tertiary/aromatic N) is 1. The lowest BCUT2D eigenvalue weighted by Crippen LogP contribution is -2.42. The number of rotatable bonds is 1. The van der Waals surface area contributed by atoms with E-state index >= 15 is 0 Å². The lowest BCUT2D eigenvalue weighted by molar-refractivity contribution is -0.119. The smallest absolute Gasteiger partial charge is 0.246 e. The van der Waals surface area contributed by atoms with Crippen LogP contribution in [0.5, 0.6) is 0 Å². The van der Waals surface area contributed by atoms with Gasteiger partial charge in [-0.3, -0.25) is 10.2 Å². The van der Waals surface area contributed by atoms with Crippen LogP contribution in [0, 0.1) is 6.92 Å². The van der Waals surface area contributed by atoms with Crippen molar-refractivity contribution in [1.82, 2.24) is 10.7 Å². The van der Waals surface area contributed by atoms with Crippen LogP contribution in [-0.2, 0) is 4.79 Å². The van der Waals surface area contributed by atoms with Crippen molar-refractivity contribution in [1.29, 1.82) is 0 Å². The molecule has 4 nitrogen and oxygen atoms in total. The summed E-state index contributed by atoms with van der Waals surface area (Å²) in [5.41, 5.74) is 4.77. The molecule has 2 N–H and O–H groups in total. The number of amidine groups is 1. The first-order valence-corrected chi connectivity index (χ1v) is 4.43. The first-order valence-electron chi connectivity index (χ1n) is 4.43. The van der Waals surface area contributed by atoms with Crippen molar-refractivity contribution in [2.24, 2.45) is 5.10 Å². The number of hydrogen-bond acceptors (Lipinski definition) is 3. The lowest BCUT2D eigenvalue weighted by atomic mass is 10.1. The monoisotopic (exact) mass is 189 g/mol. The summed E-state index contributed by atoms with van der Waals surface area (Å²) in [6.45, 7) is 2.26. The molecule has 1 aliphatic rings. The zero-order valence-electron chi connectivity index (χ0n) is 7.87. The molecule has 14 heavy (non-hydrogen) atoms. The molecule has 1 heterocycles. The fourth-order valence-electron chi connectivity index (χ4n) is 1.24. The Kier molecular flexibility index (Phi) is 2.18. The largest absolute Gasteiger partial charge is 0.307 e. The van der Waals surface area contributed by atoms with Crippen molar-refractivity contribution in [3.05, 3.63) is 35.4 Å². The molecule has 0 atom stereocenters. The Morgan fingerprint density at radius 1 is 1.29 bits per heavy atom. The molecular weight excluding hydrogens is 178 g/mol. The SMILES string of the molecule is Cc1ccc(C2=NNCC(=O)N2)cc1. The predicted molar refractivity (Wildman–Crippen MR) is 53.9 cm³/mol. The maximum atomic E-state index is 11.1. The summed E-state index contributed by atoms with van der Waals surface area (Å²) in [7, 11) is 0. The standard InChI is InChI=1S/C10H11N3O/c1-7-2-4-8(5-3-7)10-12-9(14)6-11-13-10/h2-5,11H,6H2,1H3,(H,12,13,14). The number of benzene rings is 1. The van der Waals surface area contributed by atoms with E-state index in [1.54, 1.807) is 0 Å². The van der Waals surface area contributed by atoms with Crippen LogP contribution < -0.4 is 10.7 Å². The molecule has 0 fully saturated rings. The molecule has 4 heteroatoms. The van der Waals surface area contributed by atoms with Crippen LogP contribution in [0.2, 0.25) is 0 Å². The summed E-state index contributed by atoms with van der Waals surface area (Å²) in [4.78, 5) is 11.1. The Morgan fingerprint density at radius 3 is 2.64 bits per heavy atom. The number of aryl methyl sites for hydroxylation is 1. The van der Waals surface area contributed by atoms with E-state index in [2.05, 4.69) is 15.8 Å². The molecule has 1 amide bonds. The summed E-state index contributed by atoms with van der Waals surface area (Å²) >= 11 is 0. The number of nitrogens with one attached hydrogen (secondary N) is 2. The Bertz CT molecular complexity index is 381. The summed E-state index contributed by atoms with van der Waals surface area (Å²) in [5, 5.41) is 6.72. The van der Waals surface area contributed by atoms with E-state index in [1.807, 2.05) is 31.2 Å². The van der Waals surface area contributed by atoms with Gasteiger partial charge in [0.05, 0.1) is 0 Å². The van der Waals surface area contributed by atoms with Crippen molar-refractivity contribution in [2.45, 2.75) is 6.92 Å². The summed E-state index contributed by atoms with van der Waals surface area (Å²) in [6.07, 6.45) is 0. The third kappa shape index (κ3) is 1.74. The van der Waals surface area contributed by atoms with Gasteiger partial charge in [-0.05, 0) is 6.92 Å². The van der Waals surface area contributed by atoms with E-state index in [1.165, 1.54) is 5.56 Å². The number of hydrogen-bond donors (Lipinski definition) is 2. The van der Waals surface area contributed by atoms with Crippen molar-refractivity contribution in [3.8, 4) is 0 Å². The second-order valence-corrected chi connectivity index (χ2v) is 3.21. The van der Waals surface area contributed by atoms with Gasteiger partial charge in [0.25, 0.3) is 0 Å². The molecule has 0 spiro atoms. The number of amides is 1. The minimum Gasteiger partial charge on any atom is -0.307 e. The van der Waals surface area contributed by atoms with Gasteiger partial charge in [0.1, 0.15) is 6.54 Å². The molecule has 0 saturated heterocycles. The second-order valence-electron chi connectivity index (χ2n) is 3.21. The zero-order valence-corrected chi connectivity index (χ0v) is 7.87. The van der Waals surface area contributed by atoms with Gasteiger partial charge >= 0.3 is 0 Å². The molecule has 1 aliphatic heterocycles. The fraction of sp³-hybridized carbons (Fsp3) is 0.200. The number of carbonyl (C=O) groups is 1. The molecule has 0 unspecified atom stereocenters. The fourth-order valence-corrected chi connectivity index (χ4v) is 1.24. The summed E-state index contributed by atoms with van der Waals surface area (Å²) in [5.74, 6) is 0.525. The average molecular weight is 189 g/mol. The Labute approximate surface area is 82.0 Å². The molecule has 72 valence electrons. The molecular formula is C10H11N3O. The Balaban J connectivity index is 2.26. The third-order valence-corrected chi connectivity index (χ3v) is 2.01. The molecule has 0 aliphatic carbocycles. The van der Waals surface area contributed by atoms with Gasteiger partial charge in [-0.15, -0.1) is 0 Å². The highest BCUT2D eigenvalue weighted by Gasteiger charge is 2.12. The second kappa shape index (κ2) is 3.49. The van der Waals surface area contributed by atoms with Gasteiger partial charge in [-0.1, -0.05) is 29.8 Å². The van der Waals surface area contributed by atoms with Crippen LogP contribution in [-0.4, -0.2) is 18.3 Å².